The van der Waals surface area contributed by atoms with Crippen LogP contribution in [0.5, 0.6) is 0 Å². The first-order valence-corrected chi connectivity index (χ1v) is 21.5. The van der Waals surface area contributed by atoms with Crippen LogP contribution in [-0.4, -0.2) is 104 Å². The van der Waals surface area contributed by atoms with Gasteiger partial charge in [0, 0.05) is 95.2 Å². The molecule has 4 aliphatic rings. The van der Waals surface area contributed by atoms with Crippen molar-refractivity contribution in [3.8, 4) is 0 Å². The summed E-state index contributed by atoms with van der Waals surface area (Å²) in [5.74, 6) is 0. The predicted molar refractivity (Wildman–Crippen MR) is 222 cm³/mol. The minimum absolute atomic E-state index is 0.0842. The lowest BCUT2D eigenvalue weighted by atomic mass is 9.79. The Labute approximate surface area is 331 Å². The second kappa shape index (κ2) is 16.0. The van der Waals surface area contributed by atoms with Gasteiger partial charge in [-0.05, 0) is 149 Å². The van der Waals surface area contributed by atoms with Gasteiger partial charge in [0.05, 0.1) is 0 Å². The van der Waals surface area contributed by atoms with Crippen LogP contribution in [0.15, 0.2) is 0 Å². The van der Waals surface area contributed by atoms with Crippen LogP contribution < -0.4 is 21.3 Å². The molecular formula is C44H84N6O4. The zero-order valence-corrected chi connectivity index (χ0v) is 37.7. The average molecular weight is 761 g/mol. The highest BCUT2D eigenvalue weighted by Gasteiger charge is 2.46. The molecule has 0 bridgehead atoms. The summed E-state index contributed by atoms with van der Waals surface area (Å²) in [5, 5.41) is 15.0. The van der Waals surface area contributed by atoms with Crippen molar-refractivity contribution >= 4 is 12.2 Å². The van der Waals surface area contributed by atoms with Gasteiger partial charge in [-0.1, -0.05) is 12.8 Å². The third-order valence-electron chi connectivity index (χ3n) is 12.1. The molecule has 0 atom stereocenters. The Hall–Kier alpha value is -1.62. The maximum Gasteiger partial charge on any atom is 0.410 e. The molecule has 0 spiro atoms. The molecule has 4 N–H and O–H groups in total. The summed E-state index contributed by atoms with van der Waals surface area (Å²) in [4.78, 5) is 32.5. The van der Waals surface area contributed by atoms with E-state index in [0.29, 0.717) is 13.1 Å². The number of unbranched alkanes of at least 4 members (excludes halogenated alkanes) is 3. The van der Waals surface area contributed by atoms with Crippen LogP contribution in [-0.2, 0) is 9.47 Å². The van der Waals surface area contributed by atoms with E-state index in [4.69, 9.17) is 9.47 Å². The monoisotopic (exact) mass is 761 g/mol. The summed E-state index contributed by atoms with van der Waals surface area (Å²) in [5.41, 5.74) is -0.737. The molecule has 0 unspecified atom stereocenters. The molecule has 0 aromatic rings. The third kappa shape index (κ3) is 13.5. The number of ether oxygens (including phenoxy) is 2. The van der Waals surface area contributed by atoms with Crippen molar-refractivity contribution in [3.05, 3.63) is 0 Å². The number of rotatable bonds is 11. The van der Waals surface area contributed by atoms with Crippen molar-refractivity contribution in [2.45, 2.75) is 256 Å². The fraction of sp³-hybridized carbons (Fsp3) is 0.955. The van der Waals surface area contributed by atoms with Gasteiger partial charge in [-0.25, -0.2) is 9.59 Å². The number of nitrogens with zero attached hydrogens (tertiary/aromatic N) is 2. The van der Waals surface area contributed by atoms with E-state index in [1.165, 1.54) is 0 Å². The van der Waals surface area contributed by atoms with Gasteiger partial charge in [-0.3, -0.25) is 0 Å². The first-order valence-electron chi connectivity index (χ1n) is 21.5. The van der Waals surface area contributed by atoms with E-state index >= 15 is 0 Å². The van der Waals surface area contributed by atoms with Crippen LogP contribution in [0, 0.1) is 0 Å². The van der Waals surface area contributed by atoms with E-state index in [-0.39, 0.29) is 80.8 Å². The van der Waals surface area contributed by atoms with Crippen LogP contribution >= 0.6 is 0 Å². The molecule has 0 aliphatic carbocycles. The zero-order chi connectivity index (χ0) is 40.8. The number of hydrogen-bond acceptors (Lipinski definition) is 8. The molecule has 4 saturated heterocycles. The van der Waals surface area contributed by atoms with Gasteiger partial charge in [0.1, 0.15) is 12.2 Å². The highest BCUT2D eigenvalue weighted by atomic mass is 16.6. The molecule has 4 rings (SSSR count). The molecule has 0 saturated carbocycles. The highest BCUT2D eigenvalue weighted by molar-refractivity contribution is 5.69. The summed E-state index contributed by atoms with van der Waals surface area (Å²) < 4.78 is 12.8. The fourth-order valence-corrected chi connectivity index (χ4v) is 11.8. The van der Waals surface area contributed by atoms with E-state index < -0.39 is 0 Å². The molecular weight excluding hydrogens is 677 g/mol. The number of piperidine rings is 4. The second-order valence-electron chi connectivity index (χ2n) is 23.3. The van der Waals surface area contributed by atoms with Gasteiger partial charge in [0.2, 0.25) is 0 Å². The number of carbonyl (C=O) groups is 2. The topological polar surface area (TPSA) is 107 Å². The van der Waals surface area contributed by atoms with Crippen molar-refractivity contribution in [1.29, 1.82) is 0 Å². The van der Waals surface area contributed by atoms with E-state index in [2.05, 4.69) is 142 Å². The Bertz CT molecular complexity index is 1140. The Kier molecular flexibility index (Phi) is 13.3. The van der Waals surface area contributed by atoms with E-state index in [0.717, 1.165) is 77.0 Å². The summed E-state index contributed by atoms with van der Waals surface area (Å²) in [6, 6.07) is 0.210. The SMILES string of the molecule is CC1(C)CC(OC(=O)N(CCCCCCN(C(=O)OC2CC(C)(C)NC(C)(C)C2)C2CC(C)(C)NC(C)(C)C2)C2CC(C)(C)NC(C)(C)C2)CC(C)(C)N1. The molecule has 0 radical (unpaired) electrons. The van der Waals surface area contributed by atoms with Gasteiger partial charge >= 0.3 is 12.2 Å². The van der Waals surface area contributed by atoms with Crippen molar-refractivity contribution in [2.75, 3.05) is 13.1 Å². The van der Waals surface area contributed by atoms with Crippen molar-refractivity contribution in [1.82, 2.24) is 31.1 Å². The Morgan fingerprint density at radius 2 is 0.630 bits per heavy atom. The smallest absolute Gasteiger partial charge is 0.410 e. The van der Waals surface area contributed by atoms with Gasteiger partial charge in [0.25, 0.3) is 0 Å². The molecule has 0 aromatic heterocycles. The molecule has 4 fully saturated rings. The van der Waals surface area contributed by atoms with E-state index in [9.17, 15) is 9.59 Å². The number of nitrogens with one attached hydrogen (secondary N) is 4. The van der Waals surface area contributed by atoms with Crippen molar-refractivity contribution in [2.24, 2.45) is 0 Å². The first kappa shape index (κ1) is 45.1. The quantitative estimate of drug-likeness (QED) is 0.155. The van der Waals surface area contributed by atoms with Crippen LogP contribution in [0.2, 0.25) is 0 Å². The van der Waals surface area contributed by atoms with E-state index in [1.54, 1.807) is 0 Å². The molecule has 4 aliphatic heterocycles. The Morgan fingerprint density at radius 3 is 0.870 bits per heavy atom. The number of hydrogen-bond donors (Lipinski definition) is 4. The highest BCUT2D eigenvalue weighted by Crippen LogP contribution is 2.36. The predicted octanol–water partition coefficient (Wildman–Crippen LogP) is 8.66. The largest absolute Gasteiger partial charge is 0.446 e. The standard InChI is InChI=1S/C44H84N6O4/c1-37(2)23-31(24-38(3,4)45-37)49(35(51)53-33-27-41(9,10)47-42(11,12)28-33)21-19-17-18-20-22-50(32-25-39(5,6)46-40(7,8)26-32)36(52)54-34-29-43(13,14)48-44(15,16)30-34/h31-34,45-48H,17-30H2,1-16H3. The molecule has 0 aromatic carbocycles. The number of amides is 2. The summed E-state index contributed by atoms with van der Waals surface area (Å²) in [6.07, 6.45) is 9.97. The molecule has 10 nitrogen and oxygen atoms in total. The summed E-state index contributed by atoms with van der Waals surface area (Å²) in [6.45, 7) is 36.9. The molecule has 4 heterocycles. The molecule has 314 valence electrons. The molecule has 54 heavy (non-hydrogen) atoms. The minimum Gasteiger partial charge on any atom is -0.446 e. The maximum atomic E-state index is 14.2. The normalized spacial score (nSPS) is 27.5. The van der Waals surface area contributed by atoms with Gasteiger partial charge in [0.15, 0.2) is 0 Å². The van der Waals surface area contributed by atoms with Gasteiger partial charge < -0.3 is 40.5 Å². The Balaban J connectivity index is 1.42. The fourth-order valence-electron chi connectivity index (χ4n) is 11.8. The van der Waals surface area contributed by atoms with Crippen molar-refractivity contribution in [3.63, 3.8) is 0 Å². The molecule has 10 heteroatoms. The summed E-state index contributed by atoms with van der Waals surface area (Å²) >= 11 is 0. The van der Waals surface area contributed by atoms with Crippen LogP contribution in [0.1, 0.15) is 188 Å². The Morgan fingerprint density at radius 1 is 0.407 bits per heavy atom. The maximum absolute atomic E-state index is 14.2. The minimum atomic E-state index is -0.165. The second-order valence-corrected chi connectivity index (χ2v) is 23.3. The first-order chi connectivity index (χ1) is 24.4. The lowest BCUT2D eigenvalue weighted by Crippen LogP contribution is -2.63. The van der Waals surface area contributed by atoms with Gasteiger partial charge in [-0.2, -0.15) is 0 Å². The lowest BCUT2D eigenvalue weighted by Gasteiger charge is -2.50. The lowest BCUT2D eigenvalue weighted by molar-refractivity contribution is -0.0146. The van der Waals surface area contributed by atoms with Gasteiger partial charge in [-0.15, -0.1) is 0 Å². The van der Waals surface area contributed by atoms with Crippen LogP contribution in [0.25, 0.3) is 0 Å². The third-order valence-corrected chi connectivity index (χ3v) is 12.1. The van der Waals surface area contributed by atoms with Crippen LogP contribution in [0.4, 0.5) is 9.59 Å². The van der Waals surface area contributed by atoms with Crippen LogP contribution in [0.3, 0.4) is 0 Å². The average Bonchev–Trinajstić information content (AvgIpc) is 2.87. The zero-order valence-electron chi connectivity index (χ0n) is 37.7. The summed E-state index contributed by atoms with van der Waals surface area (Å²) in [7, 11) is 0. The number of carbonyl (C=O) groups excluding carboxylic acids is 2. The van der Waals surface area contributed by atoms with Crippen molar-refractivity contribution < 1.29 is 19.1 Å². The molecule has 2 amide bonds. The van der Waals surface area contributed by atoms with E-state index in [1.807, 2.05) is 0 Å².